The van der Waals surface area contributed by atoms with Crippen molar-refractivity contribution >= 4 is 12.2 Å². The van der Waals surface area contributed by atoms with Gasteiger partial charge in [-0.2, -0.15) is 11.1 Å². The average molecular weight is 603 g/mol. The number of pyridine rings is 2. The van der Waals surface area contributed by atoms with Gasteiger partial charge in [-0.05, 0) is 48.9 Å². The van der Waals surface area contributed by atoms with Gasteiger partial charge in [0.2, 0.25) is 0 Å². The van der Waals surface area contributed by atoms with Gasteiger partial charge in [0.1, 0.15) is 0 Å². The van der Waals surface area contributed by atoms with E-state index < -0.39 is 0 Å². The molecule has 2 heterocycles. The normalized spacial score (nSPS) is 15.7. The molecule has 2 unspecified atom stereocenters. The van der Waals surface area contributed by atoms with Crippen LogP contribution in [0.15, 0.2) is 85.2 Å². The standard InChI is InChI=1S/2C16H14N.2ClH.Zr/c2*1-2-12-6-5-7-14-13(12)9-10-15(14)16-8-3-4-11-17-16;;;/h2*3-9,11,15H,2H2,1H3;2*1H;/q2*-1;;;+4/p-2. The summed E-state index contributed by atoms with van der Waals surface area (Å²) in [6.07, 6.45) is 16.9. The van der Waals surface area contributed by atoms with Gasteiger partial charge >= 0.3 is 26.2 Å². The van der Waals surface area contributed by atoms with Gasteiger partial charge in [0.15, 0.2) is 0 Å². The Bertz CT molecular complexity index is 1230. The average Bonchev–Trinajstić information content (AvgIpc) is 3.55. The van der Waals surface area contributed by atoms with Crippen LogP contribution in [0, 0.1) is 12.2 Å². The van der Waals surface area contributed by atoms with E-state index in [2.05, 4.69) is 96.7 Å². The molecule has 0 saturated heterocycles. The Morgan fingerprint density at radius 1 is 0.595 bits per heavy atom. The zero-order valence-corrected chi connectivity index (χ0v) is 24.9. The Hall–Kier alpha value is -2.32. The van der Waals surface area contributed by atoms with Crippen molar-refractivity contribution in [1.29, 1.82) is 0 Å². The maximum Gasteiger partial charge on any atom is 4.00 e. The van der Waals surface area contributed by atoms with E-state index in [4.69, 9.17) is 0 Å². The van der Waals surface area contributed by atoms with Crippen LogP contribution in [0.25, 0.3) is 12.2 Å². The summed E-state index contributed by atoms with van der Waals surface area (Å²) in [5.41, 5.74) is 10.3. The molecular formula is C32H28Cl2N2Zr. The molecule has 0 fully saturated rings. The molecule has 2 aromatic carbocycles. The summed E-state index contributed by atoms with van der Waals surface area (Å²) in [7, 11) is 0. The number of aryl methyl sites for hydroxylation is 2. The van der Waals surface area contributed by atoms with E-state index in [1.807, 2.05) is 36.7 Å². The largest absolute Gasteiger partial charge is 4.00 e. The van der Waals surface area contributed by atoms with E-state index in [1.165, 1.54) is 33.4 Å². The molecule has 0 radical (unpaired) electrons. The second-order valence-corrected chi connectivity index (χ2v) is 8.54. The van der Waals surface area contributed by atoms with Gasteiger partial charge in [-0.15, -0.1) is 22.3 Å². The monoisotopic (exact) mass is 600 g/mol. The summed E-state index contributed by atoms with van der Waals surface area (Å²) in [4.78, 5) is 8.87. The molecule has 184 valence electrons. The van der Waals surface area contributed by atoms with Crippen LogP contribution in [0.3, 0.4) is 0 Å². The summed E-state index contributed by atoms with van der Waals surface area (Å²) in [6.45, 7) is 4.38. The fourth-order valence-electron chi connectivity index (χ4n) is 4.83. The third-order valence-corrected chi connectivity index (χ3v) is 6.60. The SMILES string of the molecule is CCc1cccc2c1C=[C-]C2c1ccccn1.CCc1cccc2c1C=[C-]C2c1ccccn1.[Cl-].[Cl-].[Zr+4]. The molecule has 5 heteroatoms. The molecule has 2 aliphatic rings. The molecule has 0 N–H and O–H groups in total. The Morgan fingerprint density at radius 3 is 1.38 bits per heavy atom. The third kappa shape index (κ3) is 6.58. The van der Waals surface area contributed by atoms with Gasteiger partial charge in [-0.1, -0.05) is 62.4 Å². The number of rotatable bonds is 4. The van der Waals surface area contributed by atoms with Gasteiger partial charge < -0.3 is 24.8 Å². The molecule has 2 aromatic heterocycles. The van der Waals surface area contributed by atoms with Crippen LogP contribution < -0.4 is 24.8 Å². The minimum atomic E-state index is 0. The maximum atomic E-state index is 4.43. The van der Waals surface area contributed by atoms with Crippen molar-refractivity contribution in [3.8, 4) is 0 Å². The van der Waals surface area contributed by atoms with E-state index in [9.17, 15) is 0 Å². The number of fused-ring (bicyclic) bond motifs is 2. The van der Waals surface area contributed by atoms with Crippen LogP contribution in [-0.2, 0) is 39.0 Å². The van der Waals surface area contributed by atoms with Crippen molar-refractivity contribution in [1.82, 2.24) is 9.97 Å². The van der Waals surface area contributed by atoms with Gasteiger partial charge in [0.25, 0.3) is 0 Å². The minimum absolute atomic E-state index is 0. The first-order valence-corrected chi connectivity index (χ1v) is 12.0. The first-order chi connectivity index (χ1) is 16.8. The predicted octanol–water partition coefficient (Wildman–Crippen LogP) is 1.22. The number of nitrogens with zero attached hydrogens (tertiary/aromatic N) is 2. The van der Waals surface area contributed by atoms with Crippen molar-refractivity contribution in [2.75, 3.05) is 0 Å². The number of hydrogen-bond donors (Lipinski definition) is 0. The molecule has 0 saturated carbocycles. The van der Waals surface area contributed by atoms with Crippen molar-refractivity contribution < 1.29 is 51.0 Å². The summed E-state index contributed by atoms with van der Waals surface area (Å²) < 4.78 is 0. The molecule has 2 atom stereocenters. The van der Waals surface area contributed by atoms with Gasteiger partial charge in [0.05, 0.1) is 0 Å². The zero-order valence-electron chi connectivity index (χ0n) is 21.0. The second kappa shape index (κ2) is 14.6. The predicted molar refractivity (Wildman–Crippen MR) is 139 cm³/mol. The van der Waals surface area contributed by atoms with E-state index in [1.54, 1.807) is 0 Å². The number of aromatic nitrogens is 2. The van der Waals surface area contributed by atoms with Gasteiger partial charge in [-0.3, -0.25) is 22.1 Å². The fourth-order valence-corrected chi connectivity index (χ4v) is 4.83. The summed E-state index contributed by atoms with van der Waals surface area (Å²) in [5.74, 6) is 0.412. The van der Waals surface area contributed by atoms with Gasteiger partial charge in [0, 0.05) is 23.8 Å². The van der Waals surface area contributed by atoms with Crippen molar-refractivity contribution in [3.63, 3.8) is 0 Å². The Kier molecular flexibility index (Phi) is 12.2. The fraction of sp³-hybridized carbons (Fsp3) is 0.188. The third-order valence-electron chi connectivity index (χ3n) is 6.60. The molecule has 0 bridgehead atoms. The smallest absolute Gasteiger partial charge is 1.00 e. The molecule has 37 heavy (non-hydrogen) atoms. The van der Waals surface area contributed by atoms with Crippen LogP contribution in [0.2, 0.25) is 0 Å². The van der Waals surface area contributed by atoms with Crippen LogP contribution in [-0.4, -0.2) is 9.97 Å². The Morgan fingerprint density at radius 2 is 1.03 bits per heavy atom. The zero-order chi connectivity index (χ0) is 23.3. The second-order valence-electron chi connectivity index (χ2n) is 8.54. The molecule has 0 spiro atoms. The molecule has 4 aromatic rings. The number of allylic oxidation sites excluding steroid dienone is 2. The van der Waals surface area contributed by atoms with E-state index in [0.717, 1.165) is 24.2 Å². The summed E-state index contributed by atoms with van der Waals surface area (Å²) >= 11 is 0. The van der Waals surface area contributed by atoms with E-state index in [0.29, 0.717) is 0 Å². The van der Waals surface area contributed by atoms with E-state index >= 15 is 0 Å². The molecule has 2 aliphatic carbocycles. The molecule has 6 rings (SSSR count). The molecule has 2 nitrogen and oxygen atoms in total. The van der Waals surface area contributed by atoms with Crippen LogP contribution in [0.5, 0.6) is 0 Å². The Labute approximate surface area is 252 Å². The number of benzene rings is 2. The van der Waals surface area contributed by atoms with Crippen molar-refractivity contribution in [2.24, 2.45) is 0 Å². The molecule has 0 aliphatic heterocycles. The van der Waals surface area contributed by atoms with Crippen LogP contribution in [0.1, 0.15) is 70.5 Å². The maximum absolute atomic E-state index is 4.43. The molecular weight excluding hydrogens is 574 g/mol. The first kappa shape index (κ1) is 30.9. The van der Waals surface area contributed by atoms with Crippen LogP contribution >= 0.6 is 0 Å². The quantitative estimate of drug-likeness (QED) is 0.329. The molecule has 0 amide bonds. The summed E-state index contributed by atoms with van der Waals surface area (Å²) in [5, 5.41) is 0. The summed E-state index contributed by atoms with van der Waals surface area (Å²) in [6, 6.07) is 25.1. The minimum Gasteiger partial charge on any atom is -1.00 e. The first-order valence-electron chi connectivity index (χ1n) is 12.0. The van der Waals surface area contributed by atoms with E-state index in [-0.39, 0.29) is 62.9 Å². The number of halogens is 2. The van der Waals surface area contributed by atoms with Gasteiger partial charge in [-0.25, -0.2) is 12.2 Å². The van der Waals surface area contributed by atoms with Crippen molar-refractivity contribution in [3.05, 3.63) is 142 Å². The Balaban J connectivity index is 0.000000241. The van der Waals surface area contributed by atoms with Crippen LogP contribution in [0.4, 0.5) is 0 Å². The number of hydrogen-bond acceptors (Lipinski definition) is 2. The van der Waals surface area contributed by atoms with Crippen molar-refractivity contribution in [2.45, 2.75) is 38.5 Å². The topological polar surface area (TPSA) is 25.8 Å².